The Labute approximate surface area is 175 Å². The van der Waals surface area contributed by atoms with Gasteiger partial charge in [0.1, 0.15) is 11.4 Å². The smallest absolute Gasteiger partial charge is 0.433 e. The summed E-state index contributed by atoms with van der Waals surface area (Å²) in [6.45, 7) is 0.155. The molecule has 3 aromatic rings. The van der Waals surface area contributed by atoms with Crippen LogP contribution in [0.4, 0.5) is 13.2 Å². The molecule has 1 aliphatic carbocycles. The van der Waals surface area contributed by atoms with Gasteiger partial charge in [-0.05, 0) is 37.0 Å². The number of benzene rings is 1. The Morgan fingerprint density at radius 1 is 1.23 bits per heavy atom. The van der Waals surface area contributed by atoms with Crippen LogP contribution in [0.25, 0.3) is 16.8 Å². The normalized spacial score (nSPS) is 15.1. The number of nitrogens with zero attached hydrogens (tertiary/aromatic N) is 2. The third-order valence-corrected chi connectivity index (χ3v) is 5.61. The first-order valence-corrected chi connectivity index (χ1v) is 10.0. The second-order valence-electron chi connectivity index (χ2n) is 7.61. The molecule has 2 heterocycles. The van der Waals surface area contributed by atoms with Crippen LogP contribution < -0.4 is 11.3 Å². The number of phenols is 1. The lowest BCUT2D eigenvalue weighted by Crippen LogP contribution is -2.18. The number of aromatic amines is 1. The van der Waals surface area contributed by atoms with Crippen LogP contribution in [-0.4, -0.2) is 26.2 Å². The molecular formula is C22H21F3N4O2. The van der Waals surface area contributed by atoms with E-state index in [1.165, 1.54) is 18.3 Å². The van der Waals surface area contributed by atoms with Gasteiger partial charge in [0.25, 0.3) is 5.56 Å². The van der Waals surface area contributed by atoms with Gasteiger partial charge >= 0.3 is 6.18 Å². The third kappa shape index (κ3) is 3.91. The Morgan fingerprint density at radius 3 is 2.61 bits per heavy atom. The highest BCUT2D eigenvalue weighted by Crippen LogP contribution is 2.41. The van der Waals surface area contributed by atoms with Crippen LogP contribution in [0.3, 0.4) is 0 Å². The Morgan fingerprint density at radius 2 is 1.97 bits per heavy atom. The molecule has 162 valence electrons. The van der Waals surface area contributed by atoms with Crippen molar-refractivity contribution in [3.63, 3.8) is 0 Å². The van der Waals surface area contributed by atoms with E-state index in [0.29, 0.717) is 18.4 Å². The van der Waals surface area contributed by atoms with Gasteiger partial charge in [0.2, 0.25) is 0 Å². The second kappa shape index (κ2) is 8.12. The van der Waals surface area contributed by atoms with Gasteiger partial charge in [-0.1, -0.05) is 31.1 Å². The quantitative estimate of drug-likeness (QED) is 0.539. The number of nitrogens with one attached hydrogen (secondary N) is 1. The molecule has 0 spiro atoms. The second-order valence-corrected chi connectivity index (χ2v) is 7.61. The molecule has 4 rings (SSSR count). The number of fused-ring (bicyclic) bond motifs is 1. The minimum absolute atomic E-state index is 0.0153. The van der Waals surface area contributed by atoms with Gasteiger partial charge < -0.3 is 10.8 Å². The summed E-state index contributed by atoms with van der Waals surface area (Å²) >= 11 is 0. The molecule has 0 atom stereocenters. The number of H-pyrrole nitrogens is 1. The maximum Gasteiger partial charge on any atom is 0.433 e. The molecule has 31 heavy (non-hydrogen) atoms. The van der Waals surface area contributed by atoms with Crippen LogP contribution in [0.5, 0.6) is 5.75 Å². The van der Waals surface area contributed by atoms with Gasteiger partial charge in [-0.3, -0.25) is 9.89 Å². The standard InChI is InChI=1S/C22H21F3N4O2/c23-22(24,25)19-18(14-6-2-1-3-7-14)20-27-12-16(21(31)29(20)28-19)15-9-8-13(5-4-10-26)11-17(15)30/h8-9,11-12,14,28,30H,1-3,6-7,10,26H2. The fourth-order valence-corrected chi connectivity index (χ4v) is 4.20. The molecule has 1 aliphatic rings. The fourth-order valence-electron chi connectivity index (χ4n) is 4.20. The van der Waals surface area contributed by atoms with E-state index in [1.807, 2.05) is 0 Å². The zero-order chi connectivity index (χ0) is 22.2. The van der Waals surface area contributed by atoms with Crippen molar-refractivity contribution in [1.82, 2.24) is 14.6 Å². The zero-order valence-electron chi connectivity index (χ0n) is 16.6. The van der Waals surface area contributed by atoms with Gasteiger partial charge in [-0.2, -0.15) is 13.2 Å². The molecule has 1 saturated carbocycles. The van der Waals surface area contributed by atoms with Crippen molar-refractivity contribution in [3.05, 3.63) is 51.6 Å². The van der Waals surface area contributed by atoms with Crippen LogP contribution in [0.15, 0.2) is 29.2 Å². The van der Waals surface area contributed by atoms with Gasteiger partial charge in [0.05, 0.1) is 12.1 Å². The van der Waals surface area contributed by atoms with Gasteiger partial charge in [-0.15, -0.1) is 0 Å². The maximum absolute atomic E-state index is 13.8. The lowest BCUT2D eigenvalue weighted by molar-refractivity contribution is -0.142. The molecule has 1 aromatic carbocycles. The summed E-state index contributed by atoms with van der Waals surface area (Å²) in [7, 11) is 0. The maximum atomic E-state index is 13.8. The molecule has 0 radical (unpaired) electrons. The number of aromatic hydroxyl groups is 1. The minimum Gasteiger partial charge on any atom is -0.507 e. The number of hydrogen-bond acceptors (Lipinski definition) is 4. The molecule has 4 N–H and O–H groups in total. The summed E-state index contributed by atoms with van der Waals surface area (Å²) in [6.07, 6.45) is 0.504. The number of phenolic OH excluding ortho intramolecular Hbond substituents is 1. The van der Waals surface area contributed by atoms with E-state index >= 15 is 0 Å². The fraction of sp³-hybridized carbons (Fsp3) is 0.364. The van der Waals surface area contributed by atoms with E-state index in [0.717, 1.165) is 23.8 Å². The molecule has 0 unspecified atom stereocenters. The summed E-state index contributed by atoms with van der Waals surface area (Å²) in [5.74, 6) is 4.89. The summed E-state index contributed by atoms with van der Waals surface area (Å²) < 4.78 is 42.1. The molecule has 0 saturated heterocycles. The largest absolute Gasteiger partial charge is 0.507 e. The van der Waals surface area contributed by atoms with E-state index in [2.05, 4.69) is 21.9 Å². The predicted molar refractivity (Wildman–Crippen MR) is 110 cm³/mol. The SMILES string of the molecule is NCC#Cc1ccc(-c2cnc3c(C4CCCCC4)c(C(F)(F)F)[nH]n3c2=O)c(O)c1. The Bertz CT molecular complexity index is 1240. The predicted octanol–water partition coefficient (Wildman–Crippen LogP) is 3.77. The van der Waals surface area contributed by atoms with Gasteiger partial charge in [0.15, 0.2) is 5.65 Å². The van der Waals surface area contributed by atoms with Crippen LogP contribution >= 0.6 is 0 Å². The highest BCUT2D eigenvalue weighted by Gasteiger charge is 2.40. The van der Waals surface area contributed by atoms with Crippen molar-refractivity contribution in [2.75, 3.05) is 6.54 Å². The van der Waals surface area contributed by atoms with Crippen molar-refractivity contribution in [2.24, 2.45) is 5.73 Å². The summed E-state index contributed by atoms with van der Waals surface area (Å²) in [5, 5.41) is 12.6. The highest BCUT2D eigenvalue weighted by molar-refractivity contribution is 5.71. The summed E-state index contributed by atoms with van der Waals surface area (Å²) in [4.78, 5) is 17.3. The first-order chi connectivity index (χ1) is 14.8. The lowest BCUT2D eigenvalue weighted by atomic mass is 9.84. The van der Waals surface area contributed by atoms with Crippen molar-refractivity contribution in [3.8, 4) is 28.7 Å². The van der Waals surface area contributed by atoms with E-state index in [1.54, 1.807) is 6.07 Å². The first-order valence-electron chi connectivity index (χ1n) is 10.0. The average molecular weight is 430 g/mol. The van der Waals surface area contributed by atoms with E-state index < -0.39 is 17.4 Å². The van der Waals surface area contributed by atoms with Crippen LogP contribution in [0.2, 0.25) is 0 Å². The van der Waals surface area contributed by atoms with Gasteiger partial charge in [0, 0.05) is 22.9 Å². The molecule has 6 nitrogen and oxygen atoms in total. The highest BCUT2D eigenvalue weighted by atomic mass is 19.4. The molecular weight excluding hydrogens is 409 g/mol. The molecule has 1 fully saturated rings. The Balaban J connectivity index is 1.88. The van der Waals surface area contributed by atoms with E-state index in [-0.39, 0.29) is 40.5 Å². The molecule has 0 bridgehead atoms. The number of aromatic nitrogens is 3. The monoisotopic (exact) mass is 430 g/mol. The zero-order valence-corrected chi connectivity index (χ0v) is 16.6. The van der Waals surface area contributed by atoms with Crippen LogP contribution in [0.1, 0.15) is 54.8 Å². The third-order valence-electron chi connectivity index (χ3n) is 5.61. The topological polar surface area (TPSA) is 96.4 Å². The number of rotatable bonds is 2. The minimum atomic E-state index is -4.64. The molecule has 2 aromatic heterocycles. The number of halogens is 3. The van der Waals surface area contributed by atoms with Crippen molar-refractivity contribution in [1.29, 1.82) is 0 Å². The van der Waals surface area contributed by atoms with E-state index in [9.17, 15) is 23.1 Å². The van der Waals surface area contributed by atoms with Crippen molar-refractivity contribution in [2.45, 2.75) is 44.2 Å². The molecule has 0 amide bonds. The Kier molecular flexibility index (Phi) is 5.50. The Hall–Kier alpha value is -3.25. The molecule has 0 aliphatic heterocycles. The number of hydrogen-bond donors (Lipinski definition) is 3. The number of alkyl halides is 3. The van der Waals surface area contributed by atoms with Crippen LogP contribution in [-0.2, 0) is 6.18 Å². The first kappa shape index (κ1) is 21.0. The summed E-state index contributed by atoms with van der Waals surface area (Å²) in [5.41, 5.74) is 4.36. The van der Waals surface area contributed by atoms with Crippen molar-refractivity contribution >= 4 is 5.65 Å². The van der Waals surface area contributed by atoms with E-state index in [4.69, 9.17) is 5.73 Å². The lowest BCUT2D eigenvalue weighted by Gasteiger charge is -2.22. The van der Waals surface area contributed by atoms with Crippen molar-refractivity contribution < 1.29 is 18.3 Å². The summed E-state index contributed by atoms with van der Waals surface area (Å²) in [6, 6.07) is 4.45. The number of nitrogens with two attached hydrogens (primary N) is 1. The average Bonchev–Trinajstić information content (AvgIpc) is 3.15. The van der Waals surface area contributed by atoms with Crippen LogP contribution in [0, 0.1) is 11.8 Å². The molecule has 9 heteroatoms. The van der Waals surface area contributed by atoms with Gasteiger partial charge in [-0.25, -0.2) is 9.50 Å².